The van der Waals surface area contributed by atoms with Crippen LogP contribution in [0.4, 0.5) is 10.1 Å². The van der Waals surface area contributed by atoms with Gasteiger partial charge in [-0.25, -0.2) is 9.07 Å². The third-order valence-electron chi connectivity index (χ3n) is 5.88. The van der Waals surface area contributed by atoms with E-state index in [1.165, 1.54) is 12.1 Å². The Balaban J connectivity index is 1.41. The molecule has 0 aliphatic carbocycles. The average molecular weight is 462 g/mol. The van der Waals surface area contributed by atoms with Crippen LogP contribution in [0.1, 0.15) is 0 Å². The van der Waals surface area contributed by atoms with E-state index < -0.39 is 0 Å². The van der Waals surface area contributed by atoms with Crippen molar-refractivity contribution < 1.29 is 9.50 Å². The average Bonchev–Trinajstić information content (AvgIpc) is 3.17. The molecule has 0 bridgehead atoms. The minimum Gasteiger partial charge on any atom is -0.506 e. The number of rotatable bonds is 5. The number of para-hydroxylation sites is 3. The van der Waals surface area contributed by atoms with Gasteiger partial charge in [-0.1, -0.05) is 30.3 Å². The molecule has 1 fully saturated rings. The van der Waals surface area contributed by atoms with Crippen molar-refractivity contribution in [3.63, 3.8) is 0 Å². The van der Waals surface area contributed by atoms with Gasteiger partial charge < -0.3 is 10.0 Å². The molecule has 0 spiro atoms. The molecule has 0 unspecified atom stereocenters. The lowest BCUT2D eigenvalue weighted by atomic mass is 10.2. The van der Waals surface area contributed by atoms with E-state index in [2.05, 4.69) is 9.80 Å². The minimum absolute atomic E-state index is 0.287. The van der Waals surface area contributed by atoms with Gasteiger partial charge in [0.1, 0.15) is 11.6 Å². The first-order valence-corrected chi connectivity index (χ1v) is 11.3. The molecule has 8 heteroatoms. The van der Waals surface area contributed by atoms with Crippen LogP contribution in [-0.4, -0.2) is 50.5 Å². The van der Waals surface area contributed by atoms with Gasteiger partial charge in [-0.2, -0.15) is 0 Å². The molecular weight excluding hydrogens is 437 g/mol. The van der Waals surface area contributed by atoms with Crippen molar-refractivity contribution in [2.45, 2.75) is 6.67 Å². The first kappa shape index (κ1) is 21.4. The Kier molecular flexibility index (Phi) is 5.93. The van der Waals surface area contributed by atoms with Crippen molar-refractivity contribution in [2.24, 2.45) is 0 Å². The number of phenols is 1. The maximum absolute atomic E-state index is 13.5. The second kappa shape index (κ2) is 9.17. The van der Waals surface area contributed by atoms with E-state index in [9.17, 15) is 9.50 Å². The summed E-state index contributed by atoms with van der Waals surface area (Å²) >= 11 is 5.83. The summed E-state index contributed by atoms with van der Waals surface area (Å²) in [7, 11) is 0. The van der Waals surface area contributed by atoms with Crippen LogP contribution >= 0.6 is 12.2 Å². The van der Waals surface area contributed by atoms with Crippen LogP contribution in [0.25, 0.3) is 17.1 Å². The van der Waals surface area contributed by atoms with Crippen LogP contribution in [0.3, 0.4) is 0 Å². The van der Waals surface area contributed by atoms with Crippen molar-refractivity contribution in [1.29, 1.82) is 0 Å². The molecule has 0 atom stereocenters. The summed E-state index contributed by atoms with van der Waals surface area (Å²) in [5, 5.41) is 15.0. The zero-order valence-electron chi connectivity index (χ0n) is 18.0. The molecule has 1 aromatic heterocycles. The lowest BCUT2D eigenvalue weighted by Crippen LogP contribution is -2.47. The van der Waals surface area contributed by atoms with E-state index in [1.54, 1.807) is 18.2 Å². The predicted molar refractivity (Wildman–Crippen MR) is 130 cm³/mol. The lowest BCUT2D eigenvalue weighted by Gasteiger charge is -2.36. The van der Waals surface area contributed by atoms with E-state index in [0.717, 1.165) is 43.1 Å². The summed E-state index contributed by atoms with van der Waals surface area (Å²) in [6, 6.07) is 23.6. The number of hydrogen-bond acceptors (Lipinski definition) is 5. The molecule has 3 aromatic carbocycles. The zero-order valence-corrected chi connectivity index (χ0v) is 18.8. The summed E-state index contributed by atoms with van der Waals surface area (Å²) < 4.78 is 17.9. The number of phenolic OH excluding ortho intramolecular Hbond substituents is 1. The Morgan fingerprint density at radius 2 is 1.52 bits per heavy atom. The summed E-state index contributed by atoms with van der Waals surface area (Å²) in [6.45, 7) is 3.80. The Morgan fingerprint density at radius 1 is 0.848 bits per heavy atom. The van der Waals surface area contributed by atoms with Gasteiger partial charge in [0.15, 0.2) is 5.82 Å². The SMILES string of the molecule is Oc1ccccc1N1CCN(Cn2nc(-c3ccc(F)cc3)n(-c3ccccc3)c2=S)CC1. The molecule has 2 heterocycles. The molecule has 1 aliphatic heterocycles. The summed E-state index contributed by atoms with van der Waals surface area (Å²) in [4.78, 5) is 4.49. The highest BCUT2D eigenvalue weighted by molar-refractivity contribution is 7.71. The Bertz CT molecular complexity index is 1290. The van der Waals surface area contributed by atoms with E-state index >= 15 is 0 Å². The van der Waals surface area contributed by atoms with Gasteiger partial charge in [0.25, 0.3) is 0 Å². The number of halogens is 1. The van der Waals surface area contributed by atoms with Crippen LogP contribution in [-0.2, 0) is 6.67 Å². The summed E-state index contributed by atoms with van der Waals surface area (Å²) in [5.41, 5.74) is 2.58. The molecule has 1 aliphatic rings. The van der Waals surface area contributed by atoms with Gasteiger partial charge in [-0.05, 0) is 60.7 Å². The largest absolute Gasteiger partial charge is 0.506 e. The van der Waals surface area contributed by atoms with Crippen LogP contribution in [0.2, 0.25) is 0 Å². The molecule has 0 saturated carbocycles. The molecule has 33 heavy (non-hydrogen) atoms. The summed E-state index contributed by atoms with van der Waals surface area (Å²) in [6.07, 6.45) is 0. The quantitative estimate of drug-likeness (QED) is 0.437. The molecule has 0 amide bonds. The fraction of sp³-hybridized carbons (Fsp3) is 0.200. The maximum Gasteiger partial charge on any atom is 0.204 e. The van der Waals surface area contributed by atoms with E-state index in [1.807, 2.05) is 57.8 Å². The topological polar surface area (TPSA) is 49.5 Å². The fourth-order valence-electron chi connectivity index (χ4n) is 4.15. The monoisotopic (exact) mass is 461 g/mol. The standard InChI is InChI=1S/C25H24FN5OS/c26-20-12-10-19(11-13-20)24-27-30(25(33)31(24)21-6-2-1-3-7-21)18-28-14-16-29(17-15-28)22-8-4-5-9-23(22)32/h1-13,32H,14-18H2. The van der Waals surface area contributed by atoms with Crippen molar-refractivity contribution >= 4 is 17.9 Å². The van der Waals surface area contributed by atoms with Crippen LogP contribution in [0.5, 0.6) is 5.75 Å². The molecule has 1 saturated heterocycles. The van der Waals surface area contributed by atoms with E-state index in [4.69, 9.17) is 17.3 Å². The number of hydrogen-bond donors (Lipinski definition) is 1. The van der Waals surface area contributed by atoms with Crippen LogP contribution in [0.15, 0.2) is 78.9 Å². The maximum atomic E-state index is 13.5. The molecule has 4 aromatic rings. The van der Waals surface area contributed by atoms with Gasteiger partial charge in [-0.3, -0.25) is 9.47 Å². The highest BCUT2D eigenvalue weighted by atomic mass is 32.1. The number of anilines is 1. The predicted octanol–water partition coefficient (Wildman–Crippen LogP) is 4.69. The molecule has 168 valence electrons. The second-order valence-corrected chi connectivity index (χ2v) is 8.38. The van der Waals surface area contributed by atoms with E-state index in [-0.39, 0.29) is 5.82 Å². The molecule has 5 rings (SSSR count). The second-order valence-electron chi connectivity index (χ2n) is 8.02. The highest BCUT2D eigenvalue weighted by Crippen LogP contribution is 2.27. The third-order valence-corrected chi connectivity index (χ3v) is 6.28. The molecule has 6 nitrogen and oxygen atoms in total. The van der Waals surface area contributed by atoms with Gasteiger partial charge in [0.05, 0.1) is 12.4 Å². The number of aromatic hydroxyl groups is 1. The normalized spacial score (nSPS) is 14.5. The number of aromatic nitrogens is 3. The first-order chi connectivity index (χ1) is 16.1. The zero-order chi connectivity index (χ0) is 22.8. The fourth-order valence-corrected chi connectivity index (χ4v) is 4.44. The van der Waals surface area contributed by atoms with Crippen LogP contribution in [0, 0.1) is 10.6 Å². The number of nitrogens with zero attached hydrogens (tertiary/aromatic N) is 5. The van der Waals surface area contributed by atoms with Gasteiger partial charge in [-0.15, -0.1) is 5.10 Å². The van der Waals surface area contributed by atoms with Crippen molar-refractivity contribution in [1.82, 2.24) is 19.2 Å². The van der Waals surface area contributed by atoms with Crippen molar-refractivity contribution in [3.8, 4) is 22.8 Å². The van der Waals surface area contributed by atoms with Crippen molar-refractivity contribution in [2.75, 3.05) is 31.1 Å². The molecular formula is C25H24FN5OS. The highest BCUT2D eigenvalue weighted by Gasteiger charge is 2.21. The lowest BCUT2D eigenvalue weighted by molar-refractivity contribution is 0.194. The Morgan fingerprint density at radius 3 is 2.21 bits per heavy atom. The molecule has 1 N–H and O–H groups in total. The third kappa shape index (κ3) is 4.40. The first-order valence-electron chi connectivity index (χ1n) is 10.9. The van der Waals surface area contributed by atoms with Gasteiger partial charge >= 0.3 is 0 Å². The van der Waals surface area contributed by atoms with E-state index in [0.29, 0.717) is 23.0 Å². The van der Waals surface area contributed by atoms with Crippen LogP contribution < -0.4 is 4.90 Å². The van der Waals surface area contributed by atoms with Crippen molar-refractivity contribution in [3.05, 3.63) is 89.5 Å². The Labute approximate surface area is 196 Å². The van der Waals surface area contributed by atoms with Gasteiger partial charge in [0, 0.05) is 37.4 Å². The smallest absolute Gasteiger partial charge is 0.204 e. The Hall–Kier alpha value is -3.49. The summed E-state index contributed by atoms with van der Waals surface area (Å²) in [5.74, 6) is 0.697. The number of benzene rings is 3. The molecule has 0 radical (unpaired) electrons. The minimum atomic E-state index is -0.287. The number of piperazine rings is 1. The van der Waals surface area contributed by atoms with Gasteiger partial charge in [0.2, 0.25) is 4.77 Å².